The van der Waals surface area contributed by atoms with Crippen LogP contribution in [0.25, 0.3) is 0 Å². The van der Waals surface area contributed by atoms with Gasteiger partial charge in [0.15, 0.2) is 0 Å². The van der Waals surface area contributed by atoms with Crippen molar-refractivity contribution in [2.45, 2.75) is 25.7 Å². The van der Waals surface area contributed by atoms with Gasteiger partial charge in [0, 0.05) is 30.8 Å². The van der Waals surface area contributed by atoms with Crippen molar-refractivity contribution in [2.24, 2.45) is 0 Å². The molecule has 3 rings (SSSR count). The Morgan fingerprint density at radius 2 is 2.22 bits per heavy atom. The normalized spacial score (nSPS) is 19.7. The van der Waals surface area contributed by atoms with Crippen molar-refractivity contribution in [3.8, 4) is 0 Å². The number of hydrogen-bond donors (Lipinski definition) is 1. The third kappa shape index (κ3) is 4.01. The zero-order valence-electron chi connectivity index (χ0n) is 12.9. The van der Waals surface area contributed by atoms with Crippen LogP contribution in [0.5, 0.6) is 0 Å². The summed E-state index contributed by atoms with van der Waals surface area (Å²) in [7, 11) is -3.18. The minimum atomic E-state index is -3.18. The molecule has 2 aromatic rings. The van der Waals surface area contributed by atoms with Crippen LogP contribution in [0.15, 0.2) is 11.6 Å². The minimum absolute atomic E-state index is 0.00773. The van der Waals surface area contributed by atoms with Crippen LogP contribution in [0, 0.1) is 6.92 Å². The molecular weight excluding hydrogens is 336 g/mol. The van der Waals surface area contributed by atoms with E-state index in [0.29, 0.717) is 29.9 Å². The molecule has 0 saturated carbocycles. The predicted molar refractivity (Wildman–Crippen MR) is 88.4 cm³/mol. The topological polar surface area (TPSA) is 101 Å². The zero-order valence-corrected chi connectivity index (χ0v) is 14.6. The number of anilines is 2. The first-order chi connectivity index (χ1) is 10.9. The number of sulfonamides is 1. The summed E-state index contributed by atoms with van der Waals surface area (Å²) in [6.45, 7) is 2.89. The van der Waals surface area contributed by atoms with Gasteiger partial charge in [-0.15, -0.1) is 10.2 Å². The van der Waals surface area contributed by atoms with Gasteiger partial charge in [-0.25, -0.2) is 22.7 Å². The van der Waals surface area contributed by atoms with Gasteiger partial charge in [-0.3, -0.25) is 0 Å². The van der Waals surface area contributed by atoms with E-state index in [1.54, 1.807) is 5.51 Å². The Hall–Kier alpha value is -1.65. The summed E-state index contributed by atoms with van der Waals surface area (Å²) in [5.74, 6) is 1.33. The molecular formula is C13H18N6O2S2. The highest BCUT2D eigenvalue weighted by Gasteiger charge is 2.28. The van der Waals surface area contributed by atoms with Crippen LogP contribution in [0.2, 0.25) is 0 Å². The Kier molecular flexibility index (Phi) is 4.55. The maximum atomic E-state index is 11.8. The van der Waals surface area contributed by atoms with E-state index in [1.165, 1.54) is 21.9 Å². The number of nitrogens with one attached hydrogen (secondary N) is 1. The fourth-order valence-corrected chi connectivity index (χ4v) is 3.99. The van der Waals surface area contributed by atoms with Crippen molar-refractivity contribution in [3.05, 3.63) is 23.1 Å². The first kappa shape index (κ1) is 16.2. The number of aromatic nitrogens is 4. The van der Waals surface area contributed by atoms with Gasteiger partial charge in [0.2, 0.25) is 15.2 Å². The van der Waals surface area contributed by atoms with E-state index in [9.17, 15) is 8.42 Å². The zero-order chi connectivity index (χ0) is 16.4. The van der Waals surface area contributed by atoms with Crippen LogP contribution >= 0.6 is 11.3 Å². The molecule has 1 N–H and O–H groups in total. The summed E-state index contributed by atoms with van der Waals surface area (Å²) in [4.78, 5) is 9.04. The number of nitrogens with zero attached hydrogens (tertiary/aromatic N) is 5. The van der Waals surface area contributed by atoms with Gasteiger partial charge in [0.1, 0.15) is 17.2 Å². The molecule has 0 aliphatic carbocycles. The molecule has 0 aromatic carbocycles. The smallest absolute Gasteiger partial charge is 0.211 e. The lowest BCUT2D eigenvalue weighted by molar-refractivity contribution is 0.311. The number of rotatable bonds is 4. The molecule has 0 bridgehead atoms. The van der Waals surface area contributed by atoms with Crippen molar-refractivity contribution in [2.75, 3.05) is 24.7 Å². The summed E-state index contributed by atoms with van der Waals surface area (Å²) in [6.07, 6.45) is 2.94. The molecule has 1 fully saturated rings. The third-order valence-corrected chi connectivity index (χ3v) is 5.56. The van der Waals surface area contributed by atoms with Crippen LogP contribution in [-0.2, 0) is 10.0 Å². The maximum Gasteiger partial charge on any atom is 0.211 e. The highest BCUT2D eigenvalue weighted by molar-refractivity contribution is 7.88. The van der Waals surface area contributed by atoms with Gasteiger partial charge < -0.3 is 5.32 Å². The van der Waals surface area contributed by atoms with Gasteiger partial charge >= 0.3 is 0 Å². The van der Waals surface area contributed by atoms with E-state index in [0.717, 1.165) is 18.5 Å². The fourth-order valence-electron chi connectivity index (χ4n) is 2.63. The average Bonchev–Trinajstić information content (AvgIpc) is 2.99. The van der Waals surface area contributed by atoms with E-state index in [4.69, 9.17) is 0 Å². The molecule has 3 heterocycles. The van der Waals surface area contributed by atoms with Crippen LogP contribution in [0.4, 0.5) is 10.9 Å². The Labute approximate surface area is 139 Å². The molecule has 1 aliphatic rings. The van der Waals surface area contributed by atoms with Crippen molar-refractivity contribution in [3.63, 3.8) is 0 Å². The molecule has 0 unspecified atom stereocenters. The molecule has 124 valence electrons. The predicted octanol–water partition coefficient (Wildman–Crippen LogP) is 1.52. The van der Waals surface area contributed by atoms with Crippen LogP contribution < -0.4 is 5.32 Å². The molecule has 0 radical (unpaired) electrons. The van der Waals surface area contributed by atoms with E-state index in [1.807, 2.05) is 13.0 Å². The lowest BCUT2D eigenvalue weighted by Crippen LogP contribution is -2.38. The molecule has 1 saturated heterocycles. The Morgan fingerprint density at radius 3 is 2.91 bits per heavy atom. The second-order valence-corrected chi connectivity index (χ2v) is 8.40. The minimum Gasteiger partial charge on any atom is -0.315 e. The van der Waals surface area contributed by atoms with Gasteiger partial charge in [0.05, 0.1) is 6.26 Å². The van der Waals surface area contributed by atoms with E-state index < -0.39 is 10.0 Å². The van der Waals surface area contributed by atoms with Gasteiger partial charge in [-0.2, -0.15) is 0 Å². The average molecular weight is 354 g/mol. The molecule has 0 spiro atoms. The second kappa shape index (κ2) is 6.46. The Bertz CT molecular complexity index is 778. The standard InChI is InChI=1S/C13H18N6O2S2/c1-9-6-11(17-13-18-14-8-22-13)16-12(15-9)10-4-3-5-19(7-10)23(2,20)21/h6,8,10H,3-5,7H2,1-2H3,(H,15,16,17,18)/t10-/m0/s1. The molecule has 10 heteroatoms. The summed E-state index contributed by atoms with van der Waals surface area (Å²) in [5.41, 5.74) is 2.47. The summed E-state index contributed by atoms with van der Waals surface area (Å²) in [6, 6.07) is 1.84. The van der Waals surface area contributed by atoms with Crippen LogP contribution in [0.3, 0.4) is 0 Å². The molecule has 1 aliphatic heterocycles. The van der Waals surface area contributed by atoms with Crippen LogP contribution in [0.1, 0.15) is 30.3 Å². The number of aryl methyl sites for hydroxylation is 1. The number of hydrogen-bond acceptors (Lipinski definition) is 8. The van der Waals surface area contributed by atoms with Crippen molar-refractivity contribution in [1.29, 1.82) is 0 Å². The molecule has 1 atom stereocenters. The second-order valence-electron chi connectivity index (χ2n) is 5.58. The highest BCUT2D eigenvalue weighted by Crippen LogP contribution is 2.27. The Morgan fingerprint density at radius 1 is 1.39 bits per heavy atom. The van der Waals surface area contributed by atoms with Crippen molar-refractivity contribution in [1.82, 2.24) is 24.5 Å². The van der Waals surface area contributed by atoms with E-state index in [2.05, 4.69) is 25.5 Å². The quantitative estimate of drug-likeness (QED) is 0.888. The third-order valence-electron chi connectivity index (χ3n) is 3.68. The fraction of sp³-hybridized carbons (Fsp3) is 0.538. The largest absolute Gasteiger partial charge is 0.315 e. The van der Waals surface area contributed by atoms with E-state index >= 15 is 0 Å². The molecule has 2 aromatic heterocycles. The first-order valence-electron chi connectivity index (χ1n) is 7.26. The lowest BCUT2D eigenvalue weighted by atomic mass is 9.99. The van der Waals surface area contributed by atoms with Crippen molar-refractivity contribution < 1.29 is 8.42 Å². The van der Waals surface area contributed by atoms with E-state index in [-0.39, 0.29) is 5.92 Å². The summed E-state index contributed by atoms with van der Waals surface area (Å²) < 4.78 is 25.0. The first-order valence-corrected chi connectivity index (χ1v) is 9.98. The van der Waals surface area contributed by atoms with Gasteiger partial charge in [-0.05, 0) is 19.8 Å². The van der Waals surface area contributed by atoms with Gasteiger partial charge in [-0.1, -0.05) is 11.3 Å². The SMILES string of the molecule is Cc1cc(Nc2nncs2)nc([C@H]2CCCN(S(C)(=O)=O)C2)n1. The summed E-state index contributed by atoms with van der Waals surface area (Å²) >= 11 is 1.39. The molecule has 23 heavy (non-hydrogen) atoms. The van der Waals surface area contributed by atoms with Crippen LogP contribution in [-0.4, -0.2) is 52.2 Å². The van der Waals surface area contributed by atoms with Crippen molar-refractivity contribution >= 4 is 32.3 Å². The lowest BCUT2D eigenvalue weighted by Gasteiger charge is -2.30. The molecule has 8 nitrogen and oxygen atoms in total. The van der Waals surface area contributed by atoms with Gasteiger partial charge in [0.25, 0.3) is 0 Å². The Balaban J connectivity index is 1.83. The molecule has 0 amide bonds. The maximum absolute atomic E-state index is 11.8. The monoisotopic (exact) mass is 354 g/mol. The summed E-state index contributed by atoms with van der Waals surface area (Å²) in [5, 5.41) is 11.5. The number of piperidine rings is 1. The highest BCUT2D eigenvalue weighted by atomic mass is 32.2.